The number of nitrogens with zero attached hydrogens (tertiary/aromatic N) is 2. The van der Waals surface area contributed by atoms with Gasteiger partial charge in [0.25, 0.3) is 0 Å². The lowest BCUT2D eigenvalue weighted by Gasteiger charge is -2.46. The van der Waals surface area contributed by atoms with Crippen LogP contribution in [0.4, 0.5) is 0 Å². The van der Waals surface area contributed by atoms with Crippen LogP contribution in [0.3, 0.4) is 0 Å². The first-order chi connectivity index (χ1) is 12.1. The number of ether oxygens (including phenoxy) is 1. The molecule has 0 radical (unpaired) electrons. The molecule has 2 aromatic carbocycles. The lowest BCUT2D eigenvalue weighted by atomic mass is 9.56. The molecule has 2 aliphatic rings. The number of nitriles is 2. The van der Waals surface area contributed by atoms with E-state index < -0.39 is 29.1 Å². The lowest BCUT2D eigenvalue weighted by Crippen LogP contribution is -2.61. The van der Waals surface area contributed by atoms with Crippen molar-refractivity contribution in [3.63, 3.8) is 0 Å². The Labute approximate surface area is 143 Å². The molecule has 2 aliphatic heterocycles. The lowest BCUT2D eigenvalue weighted by molar-refractivity contribution is -0.140. The molecule has 1 fully saturated rings. The smallest absolute Gasteiger partial charge is 0.245 e. The van der Waals surface area contributed by atoms with E-state index in [1.165, 1.54) is 0 Å². The molecule has 1 saturated heterocycles. The van der Waals surface area contributed by atoms with Crippen LogP contribution in [0, 0.1) is 34.5 Å². The highest BCUT2D eigenvalue weighted by atomic mass is 16.5. The molecule has 0 aliphatic carbocycles. The van der Waals surface area contributed by atoms with Gasteiger partial charge in [0.2, 0.25) is 11.8 Å². The van der Waals surface area contributed by atoms with Gasteiger partial charge in [-0.2, -0.15) is 10.5 Å². The third-order valence-corrected chi connectivity index (χ3v) is 4.83. The van der Waals surface area contributed by atoms with Crippen molar-refractivity contribution in [2.75, 3.05) is 0 Å². The molecule has 2 amide bonds. The van der Waals surface area contributed by atoms with Gasteiger partial charge in [0.15, 0.2) is 0 Å². The molecule has 0 bridgehead atoms. The molecule has 0 aromatic heterocycles. The number of carbonyl (C=O) groups excluding carboxylic acids is 2. The van der Waals surface area contributed by atoms with Gasteiger partial charge in [-0.1, -0.05) is 36.4 Å². The summed E-state index contributed by atoms with van der Waals surface area (Å²) in [7, 11) is 0. The summed E-state index contributed by atoms with van der Waals surface area (Å²) in [6, 6.07) is 17.8. The van der Waals surface area contributed by atoms with Crippen LogP contribution in [0.25, 0.3) is 0 Å². The quantitative estimate of drug-likeness (QED) is 0.745. The van der Waals surface area contributed by atoms with Crippen molar-refractivity contribution >= 4 is 11.8 Å². The molecule has 2 aromatic rings. The van der Waals surface area contributed by atoms with Crippen LogP contribution < -0.4 is 10.1 Å². The minimum Gasteiger partial charge on any atom is -0.457 e. The molecule has 6 heteroatoms. The van der Waals surface area contributed by atoms with Gasteiger partial charge in [-0.05, 0) is 12.1 Å². The highest BCUT2D eigenvalue weighted by Gasteiger charge is 2.61. The van der Waals surface area contributed by atoms with Crippen molar-refractivity contribution in [1.29, 1.82) is 10.5 Å². The first-order valence-electron chi connectivity index (χ1n) is 7.65. The molecule has 6 nitrogen and oxygen atoms in total. The molecule has 120 valence electrons. The molecule has 2 heterocycles. The molecule has 25 heavy (non-hydrogen) atoms. The average molecular weight is 329 g/mol. The maximum absolute atomic E-state index is 12.5. The molecule has 2 atom stereocenters. The van der Waals surface area contributed by atoms with Gasteiger partial charge in [-0.3, -0.25) is 14.9 Å². The van der Waals surface area contributed by atoms with Crippen LogP contribution in [0.5, 0.6) is 11.5 Å². The van der Waals surface area contributed by atoms with Crippen LogP contribution in [-0.2, 0) is 15.0 Å². The van der Waals surface area contributed by atoms with Gasteiger partial charge in [0.05, 0.1) is 17.6 Å². The molecular weight excluding hydrogens is 318 g/mol. The summed E-state index contributed by atoms with van der Waals surface area (Å²) in [6.45, 7) is 0. The Hall–Kier alpha value is -3.64. The van der Waals surface area contributed by atoms with Crippen molar-refractivity contribution < 1.29 is 14.3 Å². The third kappa shape index (κ3) is 1.76. The van der Waals surface area contributed by atoms with Gasteiger partial charge in [0.1, 0.15) is 23.3 Å². The molecule has 4 rings (SSSR count). The van der Waals surface area contributed by atoms with Gasteiger partial charge in [-0.25, -0.2) is 0 Å². The van der Waals surface area contributed by atoms with E-state index in [-0.39, 0.29) is 0 Å². The summed E-state index contributed by atoms with van der Waals surface area (Å²) in [5.74, 6) is -3.01. The van der Waals surface area contributed by atoms with E-state index in [1.54, 1.807) is 48.5 Å². The fourth-order valence-corrected chi connectivity index (χ4v) is 3.85. The van der Waals surface area contributed by atoms with E-state index in [0.29, 0.717) is 22.6 Å². The van der Waals surface area contributed by atoms with E-state index in [4.69, 9.17) is 4.74 Å². The topological polar surface area (TPSA) is 103 Å². The maximum atomic E-state index is 12.5. The van der Waals surface area contributed by atoms with Crippen molar-refractivity contribution in [3.05, 3.63) is 59.7 Å². The fourth-order valence-electron chi connectivity index (χ4n) is 3.85. The summed E-state index contributed by atoms with van der Waals surface area (Å²) in [6.07, 6.45) is 0. The van der Waals surface area contributed by atoms with Gasteiger partial charge >= 0.3 is 0 Å². The monoisotopic (exact) mass is 329 g/mol. The van der Waals surface area contributed by atoms with Crippen LogP contribution >= 0.6 is 0 Å². The number of fused-ring (bicyclic) bond motifs is 4. The summed E-state index contributed by atoms with van der Waals surface area (Å²) >= 11 is 0. The summed E-state index contributed by atoms with van der Waals surface area (Å²) in [4.78, 5) is 25.0. The Morgan fingerprint density at radius 2 is 1.28 bits per heavy atom. The number of para-hydroxylation sites is 2. The maximum Gasteiger partial charge on any atom is 0.245 e. The van der Waals surface area contributed by atoms with Crippen molar-refractivity contribution in [1.82, 2.24) is 5.32 Å². The van der Waals surface area contributed by atoms with E-state index >= 15 is 0 Å². The van der Waals surface area contributed by atoms with Gasteiger partial charge in [0, 0.05) is 11.1 Å². The Kier molecular flexibility index (Phi) is 3.10. The Bertz CT molecular complexity index is 920. The molecule has 0 saturated carbocycles. The molecule has 1 N–H and O–H groups in total. The van der Waals surface area contributed by atoms with Gasteiger partial charge in [-0.15, -0.1) is 0 Å². The highest BCUT2D eigenvalue weighted by molar-refractivity contribution is 6.05. The Balaban J connectivity index is 2.17. The number of hydrogen-bond acceptors (Lipinski definition) is 5. The number of piperidine rings is 1. The molecule has 0 unspecified atom stereocenters. The first-order valence-corrected chi connectivity index (χ1v) is 7.65. The van der Waals surface area contributed by atoms with Crippen molar-refractivity contribution in [2.45, 2.75) is 5.41 Å². The number of carbonyl (C=O) groups is 2. The van der Waals surface area contributed by atoms with E-state index in [2.05, 4.69) is 5.32 Å². The SMILES string of the molecule is N#C[C@@H]1C(=O)NC(=O)[C@@H](C#N)C12c1ccccc1Oc1ccccc12. The highest BCUT2D eigenvalue weighted by Crippen LogP contribution is 2.56. The number of hydrogen-bond donors (Lipinski definition) is 1. The second-order valence-corrected chi connectivity index (χ2v) is 5.94. The second-order valence-electron chi connectivity index (χ2n) is 5.94. The number of benzene rings is 2. The zero-order chi connectivity index (χ0) is 17.6. The van der Waals surface area contributed by atoms with Crippen LogP contribution in [0.2, 0.25) is 0 Å². The normalized spacial score (nSPS) is 22.6. The number of nitrogens with one attached hydrogen (secondary N) is 1. The van der Waals surface area contributed by atoms with E-state index in [1.807, 2.05) is 12.1 Å². The fraction of sp³-hybridized carbons (Fsp3) is 0.158. The van der Waals surface area contributed by atoms with Crippen LogP contribution in [0.1, 0.15) is 11.1 Å². The van der Waals surface area contributed by atoms with Crippen molar-refractivity contribution in [3.8, 4) is 23.6 Å². The van der Waals surface area contributed by atoms with Crippen molar-refractivity contribution in [2.24, 2.45) is 11.8 Å². The minimum atomic E-state index is -1.41. The van der Waals surface area contributed by atoms with E-state index in [0.717, 1.165) is 0 Å². The van der Waals surface area contributed by atoms with Gasteiger partial charge < -0.3 is 4.74 Å². The average Bonchev–Trinajstić information content (AvgIpc) is 2.62. The van der Waals surface area contributed by atoms with Crippen LogP contribution in [-0.4, -0.2) is 11.8 Å². The standard InChI is InChI=1S/C19H11N3O3/c20-9-13-17(23)22-18(24)14(10-21)19(13)11-5-1-3-7-15(11)25-16-8-4-2-6-12(16)19/h1-8,13-14H,(H,22,23,24)/t13-,14-/m1/s1. The Morgan fingerprint density at radius 3 is 1.72 bits per heavy atom. The zero-order valence-electron chi connectivity index (χ0n) is 12.9. The molecular formula is C19H11N3O3. The third-order valence-electron chi connectivity index (χ3n) is 4.83. The summed E-state index contributed by atoms with van der Waals surface area (Å²) in [5, 5.41) is 21.7. The predicted octanol–water partition coefficient (Wildman–Crippen LogP) is 2.01. The molecule has 1 spiro atoms. The first kappa shape index (κ1) is 14.9. The van der Waals surface area contributed by atoms with Crippen LogP contribution in [0.15, 0.2) is 48.5 Å². The predicted molar refractivity (Wildman–Crippen MR) is 85.1 cm³/mol. The zero-order valence-corrected chi connectivity index (χ0v) is 12.9. The number of imide groups is 1. The number of amides is 2. The van der Waals surface area contributed by atoms with E-state index in [9.17, 15) is 20.1 Å². The number of rotatable bonds is 0. The summed E-state index contributed by atoms with van der Waals surface area (Å²) < 4.78 is 5.90. The largest absolute Gasteiger partial charge is 0.457 e. The second kappa shape index (κ2) is 5.19. The minimum absolute atomic E-state index is 0.434. The summed E-state index contributed by atoms with van der Waals surface area (Å²) in [5.41, 5.74) is -0.418. The Morgan fingerprint density at radius 1 is 0.840 bits per heavy atom.